The molecule has 0 saturated heterocycles. The average Bonchev–Trinajstić information content (AvgIpc) is 2.53. The summed E-state index contributed by atoms with van der Waals surface area (Å²) >= 11 is 0. The van der Waals surface area contributed by atoms with Crippen molar-refractivity contribution in [2.75, 3.05) is 5.75 Å². The number of amides is 1. The molecule has 0 aliphatic carbocycles. The molecule has 0 bridgehead atoms. The van der Waals surface area contributed by atoms with E-state index in [-0.39, 0.29) is 5.56 Å². The summed E-state index contributed by atoms with van der Waals surface area (Å²) in [7, 11) is -3.76. The molecule has 1 atom stereocenters. The number of rotatable bonds is 10. The first-order valence-electron chi connectivity index (χ1n) is 8.50. The van der Waals surface area contributed by atoms with Crippen LogP contribution in [0.5, 0.6) is 0 Å². The van der Waals surface area contributed by atoms with Gasteiger partial charge in [0.1, 0.15) is 0 Å². The minimum absolute atomic E-state index is 0.180. The minimum Gasteiger partial charge on any atom is -0.368 e. The van der Waals surface area contributed by atoms with Crippen molar-refractivity contribution in [3.05, 3.63) is 35.4 Å². The van der Waals surface area contributed by atoms with E-state index >= 15 is 0 Å². The average molecular weight is 368 g/mol. The third kappa shape index (κ3) is 5.12. The van der Waals surface area contributed by atoms with E-state index < -0.39 is 38.1 Å². The van der Waals surface area contributed by atoms with E-state index in [1.807, 2.05) is 13.8 Å². The highest BCUT2D eigenvalue weighted by atomic mass is 32.2. The van der Waals surface area contributed by atoms with Crippen molar-refractivity contribution in [2.45, 2.75) is 57.2 Å². The second kappa shape index (κ2) is 8.58. The lowest BCUT2D eigenvalue weighted by atomic mass is 9.91. The van der Waals surface area contributed by atoms with Crippen molar-refractivity contribution in [1.82, 2.24) is 0 Å². The van der Waals surface area contributed by atoms with Gasteiger partial charge in [0.25, 0.3) is 0 Å². The van der Waals surface area contributed by atoms with Crippen LogP contribution in [0, 0.1) is 6.92 Å². The van der Waals surface area contributed by atoms with Crippen molar-refractivity contribution in [3.8, 4) is 0 Å². The summed E-state index contributed by atoms with van der Waals surface area (Å²) < 4.78 is 25.6. The second-order valence-corrected chi connectivity index (χ2v) is 8.82. The summed E-state index contributed by atoms with van der Waals surface area (Å²) in [5.41, 5.74) is 10.0. The van der Waals surface area contributed by atoms with Crippen LogP contribution >= 0.6 is 0 Å². The van der Waals surface area contributed by atoms with E-state index in [1.54, 1.807) is 25.1 Å². The van der Waals surface area contributed by atoms with Gasteiger partial charge in [-0.1, -0.05) is 50.5 Å². The maximum Gasteiger partial charge on any atom is 0.246 e. The first kappa shape index (κ1) is 21.3. The third-order valence-electron chi connectivity index (χ3n) is 4.28. The molecule has 0 fully saturated rings. The van der Waals surface area contributed by atoms with Crippen LogP contribution < -0.4 is 11.5 Å². The van der Waals surface area contributed by atoms with Gasteiger partial charge in [-0.25, -0.2) is 8.42 Å². The van der Waals surface area contributed by atoms with Crippen molar-refractivity contribution in [3.63, 3.8) is 0 Å². The van der Waals surface area contributed by atoms with Gasteiger partial charge in [0, 0.05) is 5.56 Å². The Kier molecular flexibility index (Phi) is 7.31. The number of nitrogens with two attached hydrogens (primary N) is 2. The summed E-state index contributed by atoms with van der Waals surface area (Å²) in [6.45, 7) is 5.56. The van der Waals surface area contributed by atoms with Gasteiger partial charge in [0.05, 0.1) is 11.0 Å². The Morgan fingerprint density at radius 2 is 1.72 bits per heavy atom. The number of carbonyl (C=O) groups excluding carboxylic acids is 2. The molecular formula is C18H28N2O4S. The molecule has 0 saturated carbocycles. The smallest absolute Gasteiger partial charge is 0.246 e. The van der Waals surface area contributed by atoms with E-state index in [9.17, 15) is 18.0 Å². The normalized spacial score (nSPS) is 14.3. The van der Waals surface area contributed by atoms with Gasteiger partial charge < -0.3 is 11.5 Å². The first-order chi connectivity index (χ1) is 11.6. The molecule has 4 N–H and O–H groups in total. The molecule has 1 rings (SSSR count). The van der Waals surface area contributed by atoms with Gasteiger partial charge in [0.15, 0.2) is 21.2 Å². The lowest BCUT2D eigenvalue weighted by Crippen LogP contribution is -2.63. The molecule has 25 heavy (non-hydrogen) atoms. The number of sulfone groups is 1. The maximum absolute atomic E-state index is 12.8. The zero-order valence-corrected chi connectivity index (χ0v) is 15.9. The molecule has 140 valence electrons. The number of carbonyl (C=O) groups is 2. The number of ketones is 1. The monoisotopic (exact) mass is 368 g/mol. The Balaban J connectivity index is 3.25. The molecule has 0 aliphatic heterocycles. The summed E-state index contributed by atoms with van der Waals surface area (Å²) in [5.74, 6) is -2.67. The lowest BCUT2D eigenvalue weighted by molar-refractivity contribution is -0.120. The molecule has 0 heterocycles. The minimum atomic E-state index is -3.76. The highest BCUT2D eigenvalue weighted by Crippen LogP contribution is 2.22. The SMILES string of the molecule is CCCC(CCC)S(=O)(=O)CC(N)(C(N)=O)C(=O)c1cccc(C)c1. The van der Waals surface area contributed by atoms with Crippen LogP contribution in [0.3, 0.4) is 0 Å². The van der Waals surface area contributed by atoms with Gasteiger partial charge >= 0.3 is 0 Å². The maximum atomic E-state index is 12.8. The summed E-state index contributed by atoms with van der Waals surface area (Å²) in [6, 6.07) is 6.50. The van der Waals surface area contributed by atoms with Crippen LogP contribution in [0.4, 0.5) is 0 Å². The van der Waals surface area contributed by atoms with Crippen LogP contribution in [0.1, 0.15) is 55.5 Å². The Morgan fingerprint density at radius 3 is 2.16 bits per heavy atom. The summed E-state index contributed by atoms with van der Waals surface area (Å²) in [4.78, 5) is 24.7. The van der Waals surface area contributed by atoms with E-state index in [4.69, 9.17) is 11.5 Å². The molecule has 0 spiro atoms. The molecule has 1 unspecified atom stereocenters. The largest absolute Gasteiger partial charge is 0.368 e. The van der Waals surface area contributed by atoms with Crippen molar-refractivity contribution >= 4 is 21.5 Å². The Bertz CT molecular complexity index is 724. The predicted molar refractivity (Wildman–Crippen MR) is 99.0 cm³/mol. The Labute approximate surface area is 149 Å². The van der Waals surface area contributed by atoms with E-state index in [0.717, 1.165) is 5.56 Å². The van der Waals surface area contributed by atoms with Crippen molar-refractivity contribution in [2.24, 2.45) is 11.5 Å². The predicted octanol–water partition coefficient (Wildman–Crippen LogP) is 1.74. The van der Waals surface area contributed by atoms with Crippen LogP contribution in [-0.2, 0) is 14.6 Å². The second-order valence-electron chi connectivity index (χ2n) is 6.54. The zero-order chi connectivity index (χ0) is 19.3. The van der Waals surface area contributed by atoms with E-state index in [1.165, 1.54) is 6.07 Å². The fourth-order valence-corrected chi connectivity index (χ4v) is 5.21. The highest BCUT2D eigenvalue weighted by Gasteiger charge is 2.46. The van der Waals surface area contributed by atoms with Crippen molar-refractivity contribution in [1.29, 1.82) is 0 Å². The molecule has 7 heteroatoms. The standard InChI is InChI=1S/C18H28N2O4S/c1-4-7-15(8-5-2)25(23,24)12-18(20,17(19)22)16(21)14-10-6-9-13(3)11-14/h6,9-11,15H,4-5,7-8,12,20H2,1-3H3,(H2,19,22). The van der Waals surface area contributed by atoms with Crippen LogP contribution in [-0.4, -0.2) is 36.6 Å². The summed E-state index contributed by atoms with van der Waals surface area (Å²) in [5, 5.41) is -0.630. The van der Waals surface area contributed by atoms with Crippen LogP contribution in [0.2, 0.25) is 0 Å². The number of Topliss-reactive ketones (excluding diaryl/α,β-unsaturated/α-hetero) is 1. The third-order valence-corrected chi connectivity index (χ3v) is 6.63. The quantitative estimate of drug-likeness (QED) is 0.481. The number of aryl methyl sites for hydroxylation is 1. The van der Waals surface area contributed by atoms with Crippen LogP contribution in [0.15, 0.2) is 24.3 Å². The number of benzene rings is 1. The van der Waals surface area contributed by atoms with Gasteiger partial charge in [0.2, 0.25) is 5.91 Å². The van der Waals surface area contributed by atoms with E-state index in [0.29, 0.717) is 25.7 Å². The number of hydrogen-bond donors (Lipinski definition) is 2. The zero-order valence-electron chi connectivity index (χ0n) is 15.1. The molecule has 0 radical (unpaired) electrons. The molecule has 1 amide bonds. The Morgan fingerprint density at radius 1 is 1.16 bits per heavy atom. The molecule has 0 aliphatic rings. The lowest BCUT2D eigenvalue weighted by Gasteiger charge is -2.27. The molecule has 1 aromatic rings. The van der Waals surface area contributed by atoms with E-state index in [2.05, 4.69) is 0 Å². The summed E-state index contributed by atoms with van der Waals surface area (Å²) in [6.07, 6.45) is 2.29. The van der Waals surface area contributed by atoms with Gasteiger partial charge in [-0.15, -0.1) is 0 Å². The topological polar surface area (TPSA) is 120 Å². The number of primary amides is 1. The fourth-order valence-electron chi connectivity index (χ4n) is 2.88. The highest BCUT2D eigenvalue weighted by molar-refractivity contribution is 7.92. The number of hydrogen-bond acceptors (Lipinski definition) is 5. The molecule has 0 aromatic heterocycles. The van der Waals surface area contributed by atoms with Gasteiger partial charge in [-0.2, -0.15) is 0 Å². The fraction of sp³-hybridized carbons (Fsp3) is 0.556. The molecule has 6 nitrogen and oxygen atoms in total. The molecular weight excluding hydrogens is 340 g/mol. The molecule has 1 aromatic carbocycles. The Hall–Kier alpha value is -1.73. The van der Waals surface area contributed by atoms with Gasteiger partial charge in [-0.05, 0) is 25.8 Å². The van der Waals surface area contributed by atoms with Crippen molar-refractivity contribution < 1.29 is 18.0 Å². The van der Waals surface area contributed by atoms with Gasteiger partial charge in [-0.3, -0.25) is 9.59 Å². The van der Waals surface area contributed by atoms with Crippen LogP contribution in [0.25, 0.3) is 0 Å². The first-order valence-corrected chi connectivity index (χ1v) is 10.2.